The lowest BCUT2D eigenvalue weighted by Crippen LogP contribution is -2.53. The van der Waals surface area contributed by atoms with Crippen LogP contribution in [0.2, 0.25) is 0 Å². The third-order valence-electron chi connectivity index (χ3n) is 12.6. The largest absolute Gasteiger partial charge is 0.507 e. The number of aromatic carboxylic acids is 1. The highest BCUT2D eigenvalue weighted by Crippen LogP contribution is 2.43. The minimum absolute atomic E-state index is 0.0195. The van der Waals surface area contributed by atoms with E-state index in [1.165, 1.54) is 29.2 Å². The molecule has 1 fully saturated rings. The first-order chi connectivity index (χ1) is 32.6. The molecule has 3 N–H and O–H groups in total. The van der Waals surface area contributed by atoms with Gasteiger partial charge in [0.25, 0.3) is 11.8 Å². The number of carbonyl (C=O) groups is 5. The molecule has 2 heterocycles. The van der Waals surface area contributed by atoms with Crippen LogP contribution in [-0.2, 0) is 36.9 Å². The van der Waals surface area contributed by atoms with Crippen LogP contribution in [-0.4, -0.2) is 78.1 Å². The third-order valence-corrected chi connectivity index (χ3v) is 12.6. The summed E-state index contributed by atoms with van der Waals surface area (Å²) in [7, 11) is 3.09. The number of rotatable bonds is 18. The highest BCUT2D eigenvalue weighted by atomic mass is 16.5. The van der Waals surface area contributed by atoms with Gasteiger partial charge in [0.2, 0.25) is 5.78 Å². The van der Waals surface area contributed by atoms with Gasteiger partial charge in [-0.15, -0.1) is 0 Å². The van der Waals surface area contributed by atoms with Crippen molar-refractivity contribution in [2.24, 2.45) is 5.41 Å². The summed E-state index contributed by atoms with van der Waals surface area (Å²) in [5.74, 6) is -2.28. The van der Waals surface area contributed by atoms with Gasteiger partial charge in [0.15, 0.2) is 23.5 Å². The molecule has 15 heteroatoms. The Hall–Kier alpha value is -7.68. The predicted molar refractivity (Wildman–Crippen MR) is 252 cm³/mol. The Morgan fingerprint density at radius 3 is 2.41 bits per heavy atom. The van der Waals surface area contributed by atoms with Crippen LogP contribution < -0.4 is 25.0 Å². The molecule has 68 heavy (non-hydrogen) atoms. The number of likely N-dealkylation sites (tertiary alicyclic amines) is 1. The van der Waals surface area contributed by atoms with Crippen molar-refractivity contribution in [1.29, 1.82) is 0 Å². The molecule has 0 saturated carbocycles. The molecule has 3 aliphatic rings. The lowest BCUT2D eigenvalue weighted by molar-refractivity contribution is -0.164. The number of phenols is 1. The summed E-state index contributed by atoms with van der Waals surface area (Å²) in [6, 6.07) is 25.0. The van der Waals surface area contributed by atoms with Crippen LogP contribution in [0.15, 0.2) is 106 Å². The van der Waals surface area contributed by atoms with Crippen LogP contribution in [0.3, 0.4) is 0 Å². The maximum Gasteiger partial charge on any atom is 0.336 e. The lowest BCUT2D eigenvalue weighted by Gasteiger charge is -2.36. The normalized spacial score (nSPS) is 14.2. The van der Waals surface area contributed by atoms with Crippen LogP contribution in [0.4, 0.5) is 0 Å². The van der Waals surface area contributed by atoms with E-state index < -0.39 is 53.7 Å². The number of fused-ring (bicyclic) bond motifs is 2. The number of hydrogen-bond donors (Lipinski definition) is 3. The van der Waals surface area contributed by atoms with Gasteiger partial charge in [0, 0.05) is 34.5 Å². The number of nitrogens with one attached hydrogen (secondary N) is 1. The van der Waals surface area contributed by atoms with Crippen molar-refractivity contribution in [2.75, 3.05) is 27.4 Å². The smallest absolute Gasteiger partial charge is 0.336 e. The number of ether oxygens (including phenoxy) is 4. The summed E-state index contributed by atoms with van der Waals surface area (Å²) >= 11 is 0. The fourth-order valence-corrected chi connectivity index (χ4v) is 8.37. The van der Waals surface area contributed by atoms with Crippen molar-refractivity contribution in [3.63, 3.8) is 0 Å². The van der Waals surface area contributed by atoms with E-state index in [0.717, 1.165) is 5.56 Å². The molecule has 1 saturated heterocycles. The number of carbonyl (C=O) groups excluding carboxylic acids is 4. The standard InChI is InChI=1S/C53H54N2O13/c1-6-53(2,3)49(59)50(60)55-25-10-9-16-40(55)52(63)68-42(23-17-31-18-24-43(64-4)45(26-31)65-5)32-12-11-13-34(27-32)66-30-46(58)54-29-39-41(57)22-21-38-47(35-14-7-8-15-36(35)51(61)62)37-20-19-33(56)28-44(37)67-48(38)39/h7-8,11-15,18-22,24,26-28,40,42,57H,6,9-10,16-17,23,25,29-30H2,1-5H3,(H,54,58)(H,61,62)/t40?,42-/m1/s1. The van der Waals surface area contributed by atoms with Gasteiger partial charge in [0.1, 0.15) is 35.0 Å². The zero-order valence-corrected chi connectivity index (χ0v) is 38.6. The van der Waals surface area contributed by atoms with Crippen molar-refractivity contribution < 1.29 is 57.6 Å². The molecular formula is C53H54N2O13. The highest BCUT2D eigenvalue weighted by molar-refractivity contribution is 6.38. The molecule has 15 nitrogen and oxygen atoms in total. The molecule has 0 aromatic heterocycles. The van der Waals surface area contributed by atoms with Crippen molar-refractivity contribution >= 4 is 40.5 Å². The minimum atomic E-state index is -1.16. The molecule has 0 spiro atoms. The number of amides is 2. The van der Waals surface area contributed by atoms with Crippen LogP contribution in [0, 0.1) is 5.41 Å². The van der Waals surface area contributed by atoms with Crippen LogP contribution in [0.25, 0.3) is 33.4 Å². The first kappa shape index (κ1) is 48.3. The van der Waals surface area contributed by atoms with Gasteiger partial charge in [-0.2, -0.15) is 0 Å². The maximum absolute atomic E-state index is 14.1. The van der Waals surface area contributed by atoms with Crippen LogP contribution in [0.1, 0.15) is 86.0 Å². The number of benzene rings is 5. The van der Waals surface area contributed by atoms with Crippen molar-refractivity contribution in [3.05, 3.63) is 130 Å². The second-order valence-corrected chi connectivity index (χ2v) is 17.3. The van der Waals surface area contributed by atoms with Crippen LogP contribution >= 0.6 is 0 Å². The van der Waals surface area contributed by atoms with Gasteiger partial charge in [-0.1, -0.05) is 57.2 Å². The van der Waals surface area contributed by atoms with E-state index in [1.807, 2.05) is 19.1 Å². The molecule has 4 aromatic carbocycles. The van der Waals surface area contributed by atoms with E-state index in [1.54, 1.807) is 88.7 Å². The monoisotopic (exact) mass is 926 g/mol. The second kappa shape index (κ2) is 20.9. The number of nitrogens with zero attached hydrogens (tertiary/aromatic N) is 1. The molecule has 1 aliphatic carbocycles. The Morgan fingerprint density at radius 2 is 1.66 bits per heavy atom. The Balaban J connectivity index is 1.11. The van der Waals surface area contributed by atoms with Gasteiger partial charge < -0.3 is 43.8 Å². The number of ketones is 1. The van der Waals surface area contributed by atoms with Gasteiger partial charge in [0.05, 0.1) is 31.9 Å². The van der Waals surface area contributed by atoms with E-state index in [-0.39, 0.29) is 52.5 Å². The number of carboxylic acids is 1. The zero-order chi connectivity index (χ0) is 48.7. The number of phenolic OH excluding ortho intramolecular Hbond substituents is 1. The van der Waals surface area contributed by atoms with Crippen molar-refractivity contribution in [2.45, 2.75) is 78.0 Å². The summed E-state index contributed by atoms with van der Waals surface area (Å²) in [6.45, 7) is 4.84. The first-order valence-electron chi connectivity index (χ1n) is 22.4. The van der Waals surface area contributed by atoms with E-state index >= 15 is 0 Å². The van der Waals surface area contributed by atoms with E-state index in [0.29, 0.717) is 77.7 Å². The Morgan fingerprint density at radius 1 is 0.882 bits per heavy atom. The Kier molecular flexibility index (Phi) is 14.8. The number of aromatic hydroxyl groups is 1. The Labute approximate surface area is 392 Å². The molecule has 7 rings (SSSR count). The number of esters is 1. The average Bonchev–Trinajstić information content (AvgIpc) is 3.35. The molecule has 4 aromatic rings. The number of aryl methyl sites for hydroxylation is 1. The molecule has 2 atom stereocenters. The molecule has 354 valence electrons. The fourth-order valence-electron chi connectivity index (χ4n) is 8.37. The number of carboxylic acid groups (broad SMARTS) is 1. The number of Topliss-reactive ketones (excluding diaryl/α,β-unsaturated/α-hetero) is 1. The van der Waals surface area contributed by atoms with Crippen molar-refractivity contribution in [1.82, 2.24) is 10.2 Å². The van der Waals surface area contributed by atoms with Crippen LogP contribution in [0.5, 0.6) is 23.0 Å². The SMILES string of the molecule is CCC(C)(C)C(=O)C(=O)N1CCCCC1C(=O)O[C@H](CCc1ccc(OC)c(OC)c1)c1cccc(OCC(=O)NCc2c(O)ccc3c(-c4ccccc4C(=O)O)c4ccc(=O)cc-4oc23)c1. The fraction of sp³-hybridized carbons (Fsp3) is 0.321. The third kappa shape index (κ3) is 10.5. The van der Waals surface area contributed by atoms with Gasteiger partial charge in [-0.3, -0.25) is 19.2 Å². The van der Waals surface area contributed by atoms with Gasteiger partial charge >= 0.3 is 11.9 Å². The molecule has 2 amide bonds. The number of piperidine rings is 1. The van der Waals surface area contributed by atoms with Gasteiger partial charge in [-0.05, 0) is 110 Å². The zero-order valence-electron chi connectivity index (χ0n) is 38.6. The maximum atomic E-state index is 14.1. The second-order valence-electron chi connectivity index (χ2n) is 17.3. The van der Waals surface area contributed by atoms with Crippen molar-refractivity contribution in [3.8, 4) is 45.4 Å². The predicted octanol–water partition coefficient (Wildman–Crippen LogP) is 8.28. The molecule has 1 unspecified atom stereocenters. The minimum Gasteiger partial charge on any atom is -0.507 e. The van der Waals surface area contributed by atoms with E-state index in [2.05, 4.69) is 5.32 Å². The summed E-state index contributed by atoms with van der Waals surface area (Å²) in [5, 5.41) is 24.3. The van der Waals surface area contributed by atoms with Gasteiger partial charge in [-0.25, -0.2) is 9.59 Å². The topological polar surface area (TPSA) is 208 Å². The number of methoxy groups -OCH3 is 2. The molecule has 0 bridgehead atoms. The van der Waals surface area contributed by atoms with E-state index in [9.17, 15) is 39.0 Å². The van der Waals surface area contributed by atoms with E-state index in [4.69, 9.17) is 23.4 Å². The quantitative estimate of drug-likeness (QED) is 0.0422. The molecule has 2 aliphatic heterocycles. The summed E-state index contributed by atoms with van der Waals surface area (Å²) in [5.41, 5.74) is 1.86. The Bertz CT molecular complexity index is 2900. The summed E-state index contributed by atoms with van der Waals surface area (Å²) in [4.78, 5) is 80.5. The number of hydrogen-bond acceptors (Lipinski definition) is 12. The highest BCUT2D eigenvalue weighted by Gasteiger charge is 2.41. The molecular weight excluding hydrogens is 873 g/mol. The molecule has 0 radical (unpaired) electrons. The first-order valence-corrected chi connectivity index (χ1v) is 22.4. The average molecular weight is 927 g/mol. The summed E-state index contributed by atoms with van der Waals surface area (Å²) < 4.78 is 29.3. The lowest BCUT2D eigenvalue weighted by atomic mass is 9.84. The summed E-state index contributed by atoms with van der Waals surface area (Å²) in [6.07, 6.45) is 2.03.